The van der Waals surface area contributed by atoms with Crippen molar-refractivity contribution < 1.29 is 14.6 Å². The van der Waals surface area contributed by atoms with Crippen molar-refractivity contribution in [3.8, 4) is 5.75 Å². The van der Waals surface area contributed by atoms with Crippen LogP contribution >= 0.6 is 23.4 Å². The molecule has 5 nitrogen and oxygen atoms in total. The number of thioether (sulfide) groups is 1. The zero-order chi connectivity index (χ0) is 17.8. The first-order valence-corrected chi connectivity index (χ1v) is 9.07. The number of ether oxygens (including phenoxy) is 1. The average Bonchev–Trinajstić information content (AvgIpc) is 3.00. The maximum absolute atomic E-state index is 11.2. The average molecular weight is 377 g/mol. The Balaban J connectivity index is 1.50. The van der Waals surface area contributed by atoms with Crippen LogP contribution in [0, 0.1) is 0 Å². The normalized spacial score (nSPS) is 12.3. The zero-order valence-electron chi connectivity index (χ0n) is 13.5. The third-order valence-electron chi connectivity index (χ3n) is 3.54. The van der Waals surface area contributed by atoms with Crippen LogP contribution in [-0.2, 0) is 0 Å². The molecule has 1 heterocycles. The summed E-state index contributed by atoms with van der Waals surface area (Å²) in [4.78, 5) is 18.8. The minimum Gasteiger partial charge on any atom is -0.491 e. The van der Waals surface area contributed by atoms with Crippen molar-refractivity contribution in [2.24, 2.45) is 0 Å². The van der Waals surface area contributed by atoms with Gasteiger partial charge < -0.3 is 14.8 Å². The summed E-state index contributed by atoms with van der Waals surface area (Å²) in [6.07, 6.45) is -0.644. The second-order valence-electron chi connectivity index (χ2n) is 5.56. The lowest BCUT2D eigenvalue weighted by molar-refractivity contribution is 0.101. The molecule has 0 saturated heterocycles. The largest absolute Gasteiger partial charge is 0.491 e. The number of Topliss-reactive ketones (excluding diaryl/α,β-unsaturated/α-hetero) is 1. The van der Waals surface area contributed by atoms with Crippen molar-refractivity contribution in [2.45, 2.75) is 18.2 Å². The summed E-state index contributed by atoms with van der Waals surface area (Å²) >= 11 is 7.37. The molecule has 7 heteroatoms. The third kappa shape index (κ3) is 4.75. The second-order valence-corrected chi connectivity index (χ2v) is 7.00. The van der Waals surface area contributed by atoms with E-state index in [2.05, 4.69) is 9.97 Å². The van der Waals surface area contributed by atoms with Gasteiger partial charge in [0.25, 0.3) is 0 Å². The molecule has 0 fully saturated rings. The van der Waals surface area contributed by atoms with Crippen LogP contribution < -0.4 is 4.74 Å². The van der Waals surface area contributed by atoms with Gasteiger partial charge in [-0.25, -0.2) is 4.98 Å². The quantitative estimate of drug-likeness (QED) is 0.482. The van der Waals surface area contributed by atoms with E-state index in [-0.39, 0.29) is 12.4 Å². The van der Waals surface area contributed by atoms with Crippen molar-refractivity contribution in [3.63, 3.8) is 0 Å². The fourth-order valence-corrected chi connectivity index (χ4v) is 3.19. The lowest BCUT2D eigenvalue weighted by atomic mass is 10.1. The number of hydrogen-bond acceptors (Lipinski definition) is 5. The molecule has 1 aromatic heterocycles. The van der Waals surface area contributed by atoms with Crippen LogP contribution in [0.3, 0.4) is 0 Å². The number of imidazole rings is 1. The van der Waals surface area contributed by atoms with Gasteiger partial charge in [0.2, 0.25) is 0 Å². The number of H-pyrrole nitrogens is 1. The Bertz CT molecular complexity index is 880. The van der Waals surface area contributed by atoms with E-state index >= 15 is 0 Å². The van der Waals surface area contributed by atoms with Gasteiger partial charge in [0.05, 0.1) is 17.1 Å². The van der Waals surface area contributed by atoms with Crippen molar-refractivity contribution in [2.75, 3.05) is 12.4 Å². The number of rotatable bonds is 7. The Hall–Kier alpha value is -2.02. The van der Waals surface area contributed by atoms with Crippen LogP contribution in [-0.4, -0.2) is 39.3 Å². The molecule has 0 amide bonds. The van der Waals surface area contributed by atoms with Crippen molar-refractivity contribution in [1.29, 1.82) is 0 Å². The number of carbonyl (C=O) groups is 1. The number of nitrogens with zero attached hydrogens (tertiary/aromatic N) is 1. The molecule has 25 heavy (non-hydrogen) atoms. The van der Waals surface area contributed by atoms with Crippen LogP contribution in [0.5, 0.6) is 5.75 Å². The number of aromatic nitrogens is 2. The molecule has 0 aliphatic carbocycles. The van der Waals surface area contributed by atoms with Gasteiger partial charge in [-0.3, -0.25) is 4.79 Å². The summed E-state index contributed by atoms with van der Waals surface area (Å²) in [5.41, 5.74) is 2.34. The first-order chi connectivity index (χ1) is 12.0. The summed E-state index contributed by atoms with van der Waals surface area (Å²) in [5, 5.41) is 11.4. The van der Waals surface area contributed by atoms with Gasteiger partial charge in [0.1, 0.15) is 12.4 Å². The van der Waals surface area contributed by atoms with E-state index in [0.717, 1.165) is 16.2 Å². The van der Waals surface area contributed by atoms with Crippen molar-refractivity contribution in [1.82, 2.24) is 9.97 Å². The monoisotopic (exact) mass is 376 g/mol. The van der Waals surface area contributed by atoms with E-state index in [1.54, 1.807) is 30.3 Å². The molecule has 0 aliphatic rings. The number of fused-ring (bicyclic) bond motifs is 1. The third-order valence-corrected chi connectivity index (χ3v) is 4.79. The number of nitrogens with one attached hydrogen (secondary N) is 1. The molecule has 3 rings (SSSR count). The Morgan fingerprint density at radius 3 is 2.80 bits per heavy atom. The van der Waals surface area contributed by atoms with Gasteiger partial charge in [-0.15, -0.1) is 0 Å². The highest BCUT2D eigenvalue weighted by Crippen LogP contribution is 2.23. The van der Waals surface area contributed by atoms with Gasteiger partial charge in [0, 0.05) is 16.3 Å². The second kappa shape index (κ2) is 7.91. The highest BCUT2D eigenvalue weighted by atomic mass is 35.5. The van der Waals surface area contributed by atoms with E-state index in [4.69, 9.17) is 16.3 Å². The Labute approximate surface area is 154 Å². The Morgan fingerprint density at radius 2 is 2.08 bits per heavy atom. The summed E-state index contributed by atoms with van der Waals surface area (Å²) in [6.45, 7) is 1.68. The summed E-state index contributed by atoms with van der Waals surface area (Å²) in [7, 11) is 0. The number of aliphatic hydroxyl groups excluding tert-OH is 1. The van der Waals surface area contributed by atoms with Gasteiger partial charge in [-0.05, 0) is 49.4 Å². The van der Waals surface area contributed by atoms with E-state index in [0.29, 0.717) is 22.1 Å². The molecule has 2 aromatic carbocycles. The topological polar surface area (TPSA) is 75.2 Å². The van der Waals surface area contributed by atoms with Gasteiger partial charge in [-0.1, -0.05) is 23.4 Å². The summed E-state index contributed by atoms with van der Waals surface area (Å²) < 4.78 is 5.54. The number of halogens is 1. The van der Waals surface area contributed by atoms with E-state index in [1.807, 2.05) is 12.1 Å². The Kier molecular flexibility index (Phi) is 5.63. The molecular weight excluding hydrogens is 360 g/mol. The standard InChI is InChI=1S/C18H17ClN2O3S/c1-11(22)12-2-5-15(6-3-12)24-9-14(23)10-25-18-20-16-7-4-13(19)8-17(16)21-18/h2-8,14,23H,9-10H2,1H3,(H,20,21). The smallest absolute Gasteiger partial charge is 0.166 e. The lowest BCUT2D eigenvalue weighted by Gasteiger charge is -2.11. The molecule has 2 N–H and O–H groups in total. The Morgan fingerprint density at radius 1 is 1.32 bits per heavy atom. The van der Waals surface area contributed by atoms with E-state index < -0.39 is 6.10 Å². The number of hydrogen-bond donors (Lipinski definition) is 2. The molecule has 0 saturated carbocycles. The number of benzene rings is 2. The highest BCUT2D eigenvalue weighted by Gasteiger charge is 2.10. The highest BCUT2D eigenvalue weighted by molar-refractivity contribution is 7.99. The number of ketones is 1. The van der Waals surface area contributed by atoms with Crippen LogP contribution in [0.1, 0.15) is 17.3 Å². The van der Waals surface area contributed by atoms with Crippen LogP contribution in [0.25, 0.3) is 11.0 Å². The summed E-state index contributed by atoms with van der Waals surface area (Å²) in [6, 6.07) is 12.3. The summed E-state index contributed by atoms with van der Waals surface area (Å²) in [5.74, 6) is 1.07. The number of aliphatic hydroxyl groups is 1. The van der Waals surface area contributed by atoms with E-state index in [9.17, 15) is 9.90 Å². The maximum Gasteiger partial charge on any atom is 0.166 e. The van der Waals surface area contributed by atoms with Crippen molar-refractivity contribution in [3.05, 3.63) is 53.1 Å². The van der Waals surface area contributed by atoms with E-state index in [1.165, 1.54) is 18.7 Å². The maximum atomic E-state index is 11.2. The molecule has 1 atom stereocenters. The number of aromatic amines is 1. The predicted molar refractivity (Wildman–Crippen MR) is 99.8 cm³/mol. The molecule has 0 bridgehead atoms. The molecule has 0 spiro atoms. The zero-order valence-corrected chi connectivity index (χ0v) is 15.1. The molecule has 130 valence electrons. The van der Waals surface area contributed by atoms with Crippen molar-refractivity contribution >= 4 is 40.2 Å². The van der Waals surface area contributed by atoms with Crippen LogP contribution in [0.4, 0.5) is 0 Å². The minimum absolute atomic E-state index is 0.00936. The molecular formula is C18H17ClN2O3S. The SMILES string of the molecule is CC(=O)c1ccc(OCC(O)CSc2nc3ccc(Cl)cc3[nH]2)cc1. The molecule has 0 radical (unpaired) electrons. The van der Waals surface area contributed by atoms with Gasteiger partial charge >= 0.3 is 0 Å². The number of carbonyl (C=O) groups excluding carboxylic acids is 1. The molecule has 0 aliphatic heterocycles. The van der Waals surface area contributed by atoms with Crippen LogP contribution in [0.15, 0.2) is 47.6 Å². The van der Waals surface area contributed by atoms with Gasteiger partial charge in [-0.2, -0.15) is 0 Å². The lowest BCUT2D eigenvalue weighted by Crippen LogP contribution is -2.20. The van der Waals surface area contributed by atoms with Gasteiger partial charge in [0.15, 0.2) is 10.9 Å². The fraction of sp³-hybridized carbons (Fsp3) is 0.222. The fourth-order valence-electron chi connectivity index (χ4n) is 2.23. The first-order valence-electron chi connectivity index (χ1n) is 7.71. The van der Waals surface area contributed by atoms with Crippen LogP contribution in [0.2, 0.25) is 5.02 Å². The molecule has 1 unspecified atom stereocenters. The minimum atomic E-state index is -0.644. The molecule has 3 aromatic rings. The predicted octanol–water partition coefficient (Wildman–Crippen LogP) is 3.95. The first kappa shape index (κ1) is 17.8.